The zero-order chi connectivity index (χ0) is 12.4. The van der Waals surface area contributed by atoms with E-state index < -0.39 is 6.04 Å². The molecule has 0 aliphatic carbocycles. The molecule has 0 spiro atoms. The molecular formula is C12H13BrN2O2. The summed E-state index contributed by atoms with van der Waals surface area (Å²) in [5.74, 6) is -0.175. The van der Waals surface area contributed by atoms with Crippen LogP contribution >= 0.6 is 15.9 Å². The predicted octanol–water partition coefficient (Wildman–Crippen LogP) is 1.69. The summed E-state index contributed by atoms with van der Waals surface area (Å²) < 4.78 is 0.818. The Bertz CT molecular complexity index is 462. The first kappa shape index (κ1) is 12.1. The van der Waals surface area contributed by atoms with Gasteiger partial charge in [-0.1, -0.05) is 19.1 Å². The van der Waals surface area contributed by atoms with Crippen LogP contribution in [0.2, 0.25) is 0 Å². The van der Waals surface area contributed by atoms with Crippen molar-refractivity contribution in [1.82, 2.24) is 5.32 Å². The highest BCUT2D eigenvalue weighted by Crippen LogP contribution is 2.27. The maximum atomic E-state index is 12.1. The lowest BCUT2D eigenvalue weighted by Crippen LogP contribution is -2.58. The molecule has 90 valence electrons. The third-order valence-electron chi connectivity index (χ3n) is 2.75. The number of benzene rings is 1. The molecular weight excluding hydrogens is 284 g/mol. The van der Waals surface area contributed by atoms with Crippen LogP contribution in [0.25, 0.3) is 0 Å². The van der Waals surface area contributed by atoms with E-state index in [0.717, 1.165) is 10.2 Å². The fourth-order valence-corrected chi connectivity index (χ4v) is 2.36. The summed E-state index contributed by atoms with van der Waals surface area (Å²) in [4.78, 5) is 25.2. The van der Waals surface area contributed by atoms with E-state index >= 15 is 0 Å². The van der Waals surface area contributed by atoms with Crippen molar-refractivity contribution < 1.29 is 9.59 Å². The van der Waals surface area contributed by atoms with Gasteiger partial charge in [-0.25, -0.2) is 0 Å². The van der Waals surface area contributed by atoms with Crippen molar-refractivity contribution in [1.29, 1.82) is 0 Å². The van der Waals surface area contributed by atoms with Crippen LogP contribution in [0.15, 0.2) is 28.7 Å². The molecule has 4 nitrogen and oxygen atoms in total. The standard InChI is InChI=1S/C12H13BrN2O2/c1-2-9-12(17)15(7-11(16)14-9)10-6-4-3-5-8(10)13/h3-6,9H,2,7H2,1H3,(H,14,16). The molecule has 1 aromatic carbocycles. The zero-order valence-corrected chi connectivity index (χ0v) is 11.0. The number of anilines is 1. The number of nitrogens with one attached hydrogen (secondary N) is 1. The third kappa shape index (κ3) is 2.34. The summed E-state index contributed by atoms with van der Waals surface area (Å²) in [6.45, 7) is 1.96. The van der Waals surface area contributed by atoms with Crippen LogP contribution in [0.5, 0.6) is 0 Å². The monoisotopic (exact) mass is 296 g/mol. The first-order chi connectivity index (χ1) is 8.13. The lowest BCUT2D eigenvalue weighted by atomic mass is 10.1. The number of halogens is 1. The quantitative estimate of drug-likeness (QED) is 0.903. The van der Waals surface area contributed by atoms with Crippen molar-refractivity contribution in [3.8, 4) is 0 Å². The van der Waals surface area contributed by atoms with Gasteiger partial charge in [-0.05, 0) is 34.5 Å². The van der Waals surface area contributed by atoms with E-state index in [2.05, 4.69) is 21.2 Å². The molecule has 1 N–H and O–H groups in total. The van der Waals surface area contributed by atoms with Crippen LogP contribution in [-0.2, 0) is 9.59 Å². The Morgan fingerprint density at radius 3 is 2.76 bits per heavy atom. The minimum absolute atomic E-state index is 0.0565. The highest BCUT2D eigenvalue weighted by molar-refractivity contribution is 9.10. The van der Waals surface area contributed by atoms with E-state index in [1.807, 2.05) is 31.2 Å². The first-order valence-corrected chi connectivity index (χ1v) is 6.28. The summed E-state index contributed by atoms with van der Waals surface area (Å²) in [6.07, 6.45) is 0.603. The molecule has 1 heterocycles. The Balaban J connectivity index is 2.34. The number of carbonyl (C=O) groups is 2. The number of rotatable bonds is 2. The van der Waals surface area contributed by atoms with E-state index in [1.54, 1.807) is 0 Å². The number of para-hydroxylation sites is 1. The molecule has 1 aromatic rings. The van der Waals surface area contributed by atoms with E-state index in [9.17, 15) is 9.59 Å². The number of hydrogen-bond acceptors (Lipinski definition) is 2. The van der Waals surface area contributed by atoms with E-state index in [1.165, 1.54) is 4.90 Å². The molecule has 2 rings (SSSR count). The number of nitrogens with zero attached hydrogens (tertiary/aromatic N) is 1. The molecule has 2 amide bonds. The van der Waals surface area contributed by atoms with Gasteiger partial charge in [-0.3, -0.25) is 9.59 Å². The number of amides is 2. The van der Waals surface area contributed by atoms with Gasteiger partial charge in [0.2, 0.25) is 11.8 Å². The second-order valence-corrected chi connectivity index (χ2v) is 4.76. The largest absolute Gasteiger partial charge is 0.343 e. The fraction of sp³-hybridized carbons (Fsp3) is 0.333. The summed E-state index contributed by atoms with van der Waals surface area (Å²) in [5.41, 5.74) is 0.741. The summed E-state index contributed by atoms with van der Waals surface area (Å²) in [7, 11) is 0. The Labute approximate surface area is 108 Å². The molecule has 1 saturated heterocycles. The van der Waals surface area contributed by atoms with Crippen LogP contribution in [0, 0.1) is 0 Å². The van der Waals surface area contributed by atoms with Gasteiger partial charge in [0.1, 0.15) is 12.6 Å². The summed E-state index contributed by atoms with van der Waals surface area (Å²) in [5, 5.41) is 2.69. The van der Waals surface area contributed by atoms with Gasteiger partial charge < -0.3 is 10.2 Å². The van der Waals surface area contributed by atoms with Crippen LogP contribution in [0.4, 0.5) is 5.69 Å². The Kier molecular flexibility index (Phi) is 3.47. The Hall–Kier alpha value is -1.36. The minimum Gasteiger partial charge on any atom is -0.343 e. The average molecular weight is 297 g/mol. The molecule has 1 aliphatic rings. The van der Waals surface area contributed by atoms with Crippen LogP contribution in [0.1, 0.15) is 13.3 Å². The lowest BCUT2D eigenvalue weighted by Gasteiger charge is -2.32. The molecule has 1 fully saturated rings. The molecule has 0 radical (unpaired) electrons. The zero-order valence-electron chi connectivity index (χ0n) is 9.44. The maximum Gasteiger partial charge on any atom is 0.250 e. The Morgan fingerprint density at radius 2 is 2.12 bits per heavy atom. The Morgan fingerprint density at radius 1 is 1.41 bits per heavy atom. The fourth-order valence-electron chi connectivity index (χ4n) is 1.86. The van der Waals surface area contributed by atoms with E-state index in [4.69, 9.17) is 0 Å². The van der Waals surface area contributed by atoms with Crippen molar-refractivity contribution in [2.45, 2.75) is 19.4 Å². The first-order valence-electron chi connectivity index (χ1n) is 5.48. The molecule has 17 heavy (non-hydrogen) atoms. The van der Waals surface area contributed by atoms with Gasteiger partial charge in [-0.15, -0.1) is 0 Å². The topological polar surface area (TPSA) is 49.4 Å². The van der Waals surface area contributed by atoms with Crippen molar-refractivity contribution in [3.63, 3.8) is 0 Å². The molecule has 5 heteroatoms. The van der Waals surface area contributed by atoms with Crippen molar-refractivity contribution >= 4 is 33.4 Å². The smallest absolute Gasteiger partial charge is 0.250 e. The molecule has 0 bridgehead atoms. The number of hydrogen-bond donors (Lipinski definition) is 1. The van der Waals surface area contributed by atoms with Gasteiger partial charge >= 0.3 is 0 Å². The van der Waals surface area contributed by atoms with Crippen molar-refractivity contribution in [2.24, 2.45) is 0 Å². The van der Waals surface area contributed by atoms with Gasteiger partial charge in [0, 0.05) is 4.47 Å². The summed E-state index contributed by atoms with van der Waals surface area (Å²) >= 11 is 3.40. The van der Waals surface area contributed by atoms with E-state index in [-0.39, 0.29) is 18.4 Å². The second-order valence-electron chi connectivity index (χ2n) is 3.90. The van der Waals surface area contributed by atoms with Crippen LogP contribution in [0.3, 0.4) is 0 Å². The summed E-state index contributed by atoms with van der Waals surface area (Å²) in [6, 6.07) is 6.99. The number of piperazine rings is 1. The maximum absolute atomic E-state index is 12.1. The molecule has 1 unspecified atom stereocenters. The van der Waals surface area contributed by atoms with Crippen molar-refractivity contribution in [2.75, 3.05) is 11.4 Å². The SMILES string of the molecule is CCC1NC(=O)CN(c2ccccc2Br)C1=O. The van der Waals surface area contributed by atoms with Crippen LogP contribution < -0.4 is 10.2 Å². The normalized spacial score (nSPS) is 20.4. The highest BCUT2D eigenvalue weighted by atomic mass is 79.9. The minimum atomic E-state index is -0.414. The van der Waals surface area contributed by atoms with E-state index in [0.29, 0.717) is 6.42 Å². The molecule has 1 aliphatic heterocycles. The highest BCUT2D eigenvalue weighted by Gasteiger charge is 2.32. The third-order valence-corrected chi connectivity index (χ3v) is 3.42. The second kappa shape index (κ2) is 4.87. The lowest BCUT2D eigenvalue weighted by molar-refractivity contribution is -0.131. The predicted molar refractivity (Wildman–Crippen MR) is 68.7 cm³/mol. The molecule has 0 saturated carbocycles. The van der Waals surface area contributed by atoms with Gasteiger partial charge in [0.15, 0.2) is 0 Å². The molecule has 0 aromatic heterocycles. The average Bonchev–Trinajstić information content (AvgIpc) is 2.32. The van der Waals surface area contributed by atoms with Gasteiger partial charge in [0.05, 0.1) is 5.69 Å². The number of carbonyl (C=O) groups excluding carboxylic acids is 2. The molecule has 1 atom stereocenters. The van der Waals surface area contributed by atoms with Gasteiger partial charge in [-0.2, -0.15) is 0 Å². The van der Waals surface area contributed by atoms with Crippen molar-refractivity contribution in [3.05, 3.63) is 28.7 Å². The van der Waals surface area contributed by atoms with Crippen LogP contribution in [-0.4, -0.2) is 24.4 Å². The van der Waals surface area contributed by atoms with Gasteiger partial charge in [0.25, 0.3) is 0 Å².